The fourth-order valence-corrected chi connectivity index (χ4v) is 4.14. The van der Waals surface area contributed by atoms with E-state index in [-0.39, 0.29) is 6.03 Å². The molecule has 0 spiro atoms. The van der Waals surface area contributed by atoms with Gasteiger partial charge in [-0.2, -0.15) is 0 Å². The van der Waals surface area contributed by atoms with Gasteiger partial charge in [-0.3, -0.25) is 0 Å². The molecule has 0 saturated carbocycles. The zero-order valence-electron chi connectivity index (χ0n) is 17.3. The van der Waals surface area contributed by atoms with Crippen LogP contribution in [0.4, 0.5) is 10.5 Å². The van der Waals surface area contributed by atoms with E-state index in [1.807, 2.05) is 75.4 Å². The summed E-state index contributed by atoms with van der Waals surface area (Å²) in [4.78, 5) is 28.8. The lowest BCUT2D eigenvalue weighted by atomic mass is 9.86. The number of rotatable bonds is 7. The van der Waals surface area contributed by atoms with Crippen LogP contribution in [0, 0.1) is 5.41 Å². The molecule has 30 heavy (non-hydrogen) atoms. The van der Waals surface area contributed by atoms with E-state index >= 15 is 0 Å². The molecule has 1 heterocycles. The van der Waals surface area contributed by atoms with Crippen molar-refractivity contribution in [2.45, 2.75) is 32.0 Å². The molecule has 0 aliphatic rings. The Hall–Kier alpha value is -3.00. The number of urea groups is 1. The second kappa shape index (κ2) is 9.21. The monoisotopic (exact) mass is 426 g/mol. The minimum absolute atomic E-state index is 0.284. The zero-order valence-corrected chi connectivity index (χ0v) is 18.1. The number of carbonyl (C=O) groups is 2. The molecule has 0 saturated heterocycles. The van der Waals surface area contributed by atoms with Crippen LogP contribution >= 0.6 is 11.8 Å². The van der Waals surface area contributed by atoms with Gasteiger partial charge >= 0.3 is 12.0 Å². The van der Waals surface area contributed by atoms with Gasteiger partial charge in [0, 0.05) is 18.0 Å². The van der Waals surface area contributed by atoms with Crippen LogP contribution in [0.2, 0.25) is 0 Å². The molecule has 3 aromatic rings. The van der Waals surface area contributed by atoms with E-state index in [9.17, 15) is 14.7 Å². The van der Waals surface area contributed by atoms with Gasteiger partial charge in [-0.1, -0.05) is 62.9 Å². The van der Waals surface area contributed by atoms with E-state index in [4.69, 9.17) is 0 Å². The van der Waals surface area contributed by atoms with Crippen molar-refractivity contribution in [1.82, 2.24) is 14.9 Å². The summed E-state index contributed by atoms with van der Waals surface area (Å²) in [5, 5.41) is 16.1. The van der Waals surface area contributed by atoms with Crippen molar-refractivity contribution in [3.63, 3.8) is 0 Å². The Bertz CT molecular complexity index is 1030. The molecule has 158 valence electrons. The average Bonchev–Trinajstić information content (AvgIpc) is 3.03. The Morgan fingerprint density at radius 1 is 1.10 bits per heavy atom. The van der Waals surface area contributed by atoms with Crippen molar-refractivity contribution in [1.29, 1.82) is 0 Å². The number of aliphatic carboxylic acids is 1. The van der Waals surface area contributed by atoms with Gasteiger partial charge in [0.1, 0.15) is 6.04 Å². The zero-order chi connectivity index (χ0) is 21.7. The van der Waals surface area contributed by atoms with Crippen molar-refractivity contribution < 1.29 is 14.7 Å². The highest BCUT2D eigenvalue weighted by Gasteiger charge is 2.35. The summed E-state index contributed by atoms with van der Waals surface area (Å²) in [6.45, 7) is 6.14. The predicted molar refractivity (Wildman–Crippen MR) is 120 cm³/mol. The average molecular weight is 427 g/mol. The molecule has 1 aromatic heterocycles. The van der Waals surface area contributed by atoms with E-state index in [1.54, 1.807) is 4.57 Å². The summed E-state index contributed by atoms with van der Waals surface area (Å²) in [7, 11) is 0. The molecule has 3 rings (SSSR count). The van der Waals surface area contributed by atoms with Gasteiger partial charge in [0.25, 0.3) is 0 Å². The number of benzene rings is 2. The number of thioether (sulfide) groups is 1. The number of amides is 2. The van der Waals surface area contributed by atoms with Gasteiger partial charge in [0.15, 0.2) is 5.16 Å². The fourth-order valence-electron chi connectivity index (χ4n) is 3.25. The molecule has 2 amide bonds. The summed E-state index contributed by atoms with van der Waals surface area (Å²) in [6.07, 6.45) is 0. The van der Waals surface area contributed by atoms with Gasteiger partial charge < -0.3 is 20.3 Å². The number of hydrogen-bond acceptors (Lipinski definition) is 4. The summed E-state index contributed by atoms with van der Waals surface area (Å²) >= 11 is 1.43. The standard InChI is InChI=1S/C22H26N4O3S/c1-22(2,3)18(19(27)28)26-17-12-8-7-11-16(17)25-21(26)30-14-13-23-20(29)24-15-9-5-4-6-10-15/h4-12,18H,13-14H2,1-3H3,(H,27,28)(H2,23,24,29). The fraction of sp³-hybridized carbons (Fsp3) is 0.318. The van der Waals surface area contributed by atoms with Crippen LogP contribution in [0.15, 0.2) is 59.8 Å². The third-order valence-corrected chi connectivity index (χ3v) is 5.48. The second-order valence-electron chi connectivity index (χ2n) is 7.96. The smallest absolute Gasteiger partial charge is 0.327 e. The van der Waals surface area contributed by atoms with Gasteiger partial charge in [-0.15, -0.1) is 0 Å². The van der Waals surface area contributed by atoms with Crippen molar-refractivity contribution in [2.75, 3.05) is 17.6 Å². The van der Waals surface area contributed by atoms with E-state index < -0.39 is 17.4 Å². The van der Waals surface area contributed by atoms with Crippen molar-refractivity contribution in [3.05, 3.63) is 54.6 Å². The van der Waals surface area contributed by atoms with E-state index in [0.717, 1.165) is 16.7 Å². The summed E-state index contributed by atoms with van der Waals surface area (Å²) < 4.78 is 1.80. The number of fused-ring (bicyclic) bond motifs is 1. The molecular weight excluding hydrogens is 400 g/mol. The molecule has 0 aliphatic carbocycles. The Kier molecular flexibility index (Phi) is 6.66. The maximum Gasteiger partial charge on any atom is 0.327 e. The number of imidazole rings is 1. The molecule has 0 radical (unpaired) electrons. The number of nitrogens with zero attached hydrogens (tertiary/aromatic N) is 2. The third-order valence-electron chi connectivity index (χ3n) is 4.53. The van der Waals surface area contributed by atoms with Crippen LogP contribution in [0.3, 0.4) is 0 Å². The quantitative estimate of drug-likeness (QED) is 0.378. The lowest BCUT2D eigenvalue weighted by molar-refractivity contribution is -0.144. The van der Waals surface area contributed by atoms with E-state index in [2.05, 4.69) is 15.6 Å². The number of aromatic nitrogens is 2. The van der Waals surface area contributed by atoms with Crippen LogP contribution in [0.5, 0.6) is 0 Å². The Morgan fingerprint density at radius 3 is 2.43 bits per heavy atom. The SMILES string of the molecule is CC(C)(C)C(C(=O)O)n1c(SCCNC(=O)Nc2ccccc2)nc2ccccc21. The van der Waals surface area contributed by atoms with Crippen molar-refractivity contribution in [2.24, 2.45) is 5.41 Å². The Labute approximate surface area is 179 Å². The molecule has 1 atom stereocenters. The molecule has 0 bridgehead atoms. The highest BCUT2D eigenvalue weighted by molar-refractivity contribution is 7.99. The summed E-state index contributed by atoms with van der Waals surface area (Å²) in [6, 6.07) is 15.7. The first-order valence-electron chi connectivity index (χ1n) is 9.70. The minimum Gasteiger partial charge on any atom is -0.480 e. The minimum atomic E-state index is -0.895. The van der Waals surface area contributed by atoms with E-state index in [0.29, 0.717) is 17.5 Å². The summed E-state index contributed by atoms with van der Waals surface area (Å²) in [5.41, 5.74) is 1.76. The van der Waals surface area contributed by atoms with Crippen molar-refractivity contribution in [3.8, 4) is 0 Å². The lowest BCUT2D eigenvalue weighted by Crippen LogP contribution is -2.32. The van der Waals surface area contributed by atoms with Gasteiger partial charge in [0.05, 0.1) is 11.0 Å². The number of carbonyl (C=O) groups excluding carboxylic acids is 1. The molecule has 8 heteroatoms. The number of carboxylic acid groups (broad SMARTS) is 1. The van der Waals surface area contributed by atoms with Gasteiger partial charge in [-0.25, -0.2) is 14.6 Å². The highest BCUT2D eigenvalue weighted by Crippen LogP contribution is 2.37. The first-order chi connectivity index (χ1) is 14.3. The Morgan fingerprint density at radius 2 is 1.77 bits per heavy atom. The first-order valence-corrected chi connectivity index (χ1v) is 10.7. The topological polar surface area (TPSA) is 96.2 Å². The van der Waals surface area contributed by atoms with Crippen LogP contribution in [0.25, 0.3) is 11.0 Å². The number of carboxylic acids is 1. The van der Waals surface area contributed by atoms with Crippen LogP contribution in [-0.4, -0.2) is 39.0 Å². The molecule has 0 fully saturated rings. The maximum atomic E-state index is 12.1. The molecule has 2 aromatic carbocycles. The maximum absolute atomic E-state index is 12.1. The predicted octanol–water partition coefficient (Wildman–Crippen LogP) is 4.62. The van der Waals surface area contributed by atoms with Crippen LogP contribution < -0.4 is 10.6 Å². The number of para-hydroxylation sites is 3. The molecule has 7 nitrogen and oxygen atoms in total. The van der Waals surface area contributed by atoms with Gasteiger partial charge in [0.2, 0.25) is 0 Å². The number of hydrogen-bond donors (Lipinski definition) is 3. The van der Waals surface area contributed by atoms with Crippen LogP contribution in [-0.2, 0) is 4.79 Å². The van der Waals surface area contributed by atoms with Crippen LogP contribution in [0.1, 0.15) is 26.8 Å². The summed E-state index contributed by atoms with van der Waals surface area (Å²) in [5.74, 6) is -0.338. The largest absolute Gasteiger partial charge is 0.480 e. The molecule has 0 aliphatic heterocycles. The molecule has 1 unspecified atom stereocenters. The normalized spacial score (nSPS) is 12.5. The highest BCUT2D eigenvalue weighted by atomic mass is 32.2. The third kappa shape index (κ3) is 5.13. The van der Waals surface area contributed by atoms with Gasteiger partial charge in [-0.05, 0) is 29.7 Å². The Balaban J connectivity index is 1.71. The number of nitrogens with one attached hydrogen (secondary N) is 2. The lowest BCUT2D eigenvalue weighted by Gasteiger charge is -2.29. The second-order valence-corrected chi connectivity index (χ2v) is 9.02. The van der Waals surface area contributed by atoms with E-state index in [1.165, 1.54) is 11.8 Å². The molecule has 3 N–H and O–H groups in total. The first kappa shape index (κ1) is 21.7. The number of anilines is 1. The molecular formula is C22H26N4O3S. The van der Waals surface area contributed by atoms with Crippen molar-refractivity contribution >= 4 is 40.5 Å².